The lowest BCUT2D eigenvalue weighted by atomic mass is 9.92. The van der Waals surface area contributed by atoms with Crippen molar-refractivity contribution in [1.82, 2.24) is 10.2 Å². The number of nitrogens with one attached hydrogen (secondary N) is 1. The number of hydrogen-bond acceptors (Lipinski definition) is 4. The smallest absolute Gasteiger partial charge is 0.127 e. The molecule has 0 aromatic heterocycles. The largest absolute Gasteiger partial charge is 0.497 e. The summed E-state index contributed by atoms with van der Waals surface area (Å²) in [5.41, 5.74) is 1.27. The summed E-state index contributed by atoms with van der Waals surface area (Å²) in [6.07, 6.45) is 1.23. The molecule has 0 unspecified atom stereocenters. The number of nitrogens with zero attached hydrogens (tertiary/aromatic N) is 1. The van der Waals surface area contributed by atoms with E-state index in [2.05, 4.69) is 23.2 Å². The Morgan fingerprint density at radius 2 is 2.10 bits per heavy atom. The van der Waals surface area contributed by atoms with Crippen molar-refractivity contribution in [3.05, 3.63) is 23.8 Å². The van der Waals surface area contributed by atoms with E-state index in [0.29, 0.717) is 12.0 Å². The molecule has 1 aromatic carbocycles. The van der Waals surface area contributed by atoms with Crippen molar-refractivity contribution in [1.29, 1.82) is 0 Å². The van der Waals surface area contributed by atoms with Gasteiger partial charge in [-0.05, 0) is 45.1 Å². The zero-order valence-corrected chi connectivity index (χ0v) is 13.0. The molecule has 0 aliphatic carbocycles. The summed E-state index contributed by atoms with van der Waals surface area (Å²) in [6.45, 7) is 5.49. The molecular weight excluding hydrogens is 252 g/mol. The lowest BCUT2D eigenvalue weighted by molar-refractivity contribution is 0.232. The predicted octanol–water partition coefficient (Wildman–Crippen LogP) is 2.31. The molecule has 1 aromatic rings. The Kier molecular flexibility index (Phi) is 5.26. The highest BCUT2D eigenvalue weighted by atomic mass is 16.5. The van der Waals surface area contributed by atoms with Crippen molar-refractivity contribution in [3.63, 3.8) is 0 Å². The van der Waals surface area contributed by atoms with Crippen LogP contribution in [0.3, 0.4) is 0 Å². The topological polar surface area (TPSA) is 33.7 Å². The Morgan fingerprint density at radius 3 is 2.70 bits per heavy atom. The SMILES string of the molecule is CCN1CC[C@@H](CNC)[C@@H]1c1ccc(OC)cc1OC. The third-order valence-corrected chi connectivity index (χ3v) is 4.26. The molecule has 20 heavy (non-hydrogen) atoms. The van der Waals surface area contributed by atoms with Crippen LogP contribution < -0.4 is 14.8 Å². The van der Waals surface area contributed by atoms with Gasteiger partial charge in [-0.3, -0.25) is 4.90 Å². The van der Waals surface area contributed by atoms with Gasteiger partial charge in [-0.1, -0.05) is 13.0 Å². The summed E-state index contributed by atoms with van der Waals surface area (Å²) in [7, 11) is 5.44. The van der Waals surface area contributed by atoms with Crippen LogP contribution in [0.25, 0.3) is 0 Å². The Labute approximate surface area is 122 Å². The van der Waals surface area contributed by atoms with Crippen LogP contribution in [0.4, 0.5) is 0 Å². The Hall–Kier alpha value is -1.26. The summed E-state index contributed by atoms with van der Waals surface area (Å²) < 4.78 is 10.9. The first-order chi connectivity index (χ1) is 9.74. The summed E-state index contributed by atoms with van der Waals surface area (Å²) in [4.78, 5) is 2.53. The molecule has 0 bridgehead atoms. The van der Waals surface area contributed by atoms with E-state index in [1.807, 2.05) is 19.2 Å². The van der Waals surface area contributed by atoms with E-state index in [4.69, 9.17) is 9.47 Å². The molecule has 1 heterocycles. The third kappa shape index (κ3) is 2.91. The number of benzene rings is 1. The van der Waals surface area contributed by atoms with Gasteiger partial charge in [-0.25, -0.2) is 0 Å². The molecule has 1 aliphatic rings. The lowest BCUT2D eigenvalue weighted by Crippen LogP contribution is -2.29. The van der Waals surface area contributed by atoms with Gasteiger partial charge in [0.15, 0.2) is 0 Å². The first-order valence-electron chi connectivity index (χ1n) is 7.35. The number of ether oxygens (including phenoxy) is 2. The highest BCUT2D eigenvalue weighted by molar-refractivity contribution is 5.43. The number of likely N-dealkylation sites (tertiary alicyclic amines) is 1. The molecule has 1 fully saturated rings. The van der Waals surface area contributed by atoms with Gasteiger partial charge in [0.25, 0.3) is 0 Å². The zero-order chi connectivity index (χ0) is 14.5. The monoisotopic (exact) mass is 278 g/mol. The summed E-state index contributed by atoms with van der Waals surface area (Å²) >= 11 is 0. The predicted molar refractivity (Wildman–Crippen MR) is 81.6 cm³/mol. The van der Waals surface area contributed by atoms with E-state index in [1.165, 1.54) is 12.0 Å². The Bertz CT molecular complexity index is 436. The maximum Gasteiger partial charge on any atom is 0.127 e. The molecular formula is C16H26N2O2. The molecule has 4 heteroatoms. The molecule has 4 nitrogen and oxygen atoms in total. The lowest BCUT2D eigenvalue weighted by Gasteiger charge is -2.29. The molecule has 0 saturated carbocycles. The molecule has 2 atom stereocenters. The van der Waals surface area contributed by atoms with E-state index in [9.17, 15) is 0 Å². The van der Waals surface area contributed by atoms with Gasteiger partial charge in [-0.15, -0.1) is 0 Å². The zero-order valence-electron chi connectivity index (χ0n) is 13.0. The van der Waals surface area contributed by atoms with Crippen molar-refractivity contribution < 1.29 is 9.47 Å². The standard InChI is InChI=1S/C16H26N2O2/c1-5-18-9-8-12(11-17-2)16(18)14-7-6-13(19-3)10-15(14)20-4/h6-7,10,12,16-17H,5,8-9,11H2,1-4H3/t12-,16+/m0/s1. The summed E-state index contributed by atoms with van der Waals surface area (Å²) in [5, 5.41) is 3.32. The van der Waals surface area contributed by atoms with Crippen molar-refractivity contribution in [2.75, 3.05) is 40.9 Å². The number of methoxy groups -OCH3 is 2. The fourth-order valence-corrected chi connectivity index (χ4v) is 3.27. The quantitative estimate of drug-likeness (QED) is 0.866. The van der Waals surface area contributed by atoms with Crippen LogP contribution in [-0.4, -0.2) is 45.8 Å². The van der Waals surface area contributed by atoms with E-state index < -0.39 is 0 Å². The minimum absolute atomic E-state index is 0.424. The molecule has 1 N–H and O–H groups in total. The first-order valence-corrected chi connectivity index (χ1v) is 7.35. The molecule has 0 amide bonds. The van der Waals surface area contributed by atoms with Gasteiger partial charge in [0.2, 0.25) is 0 Å². The van der Waals surface area contributed by atoms with Crippen LogP contribution in [0, 0.1) is 5.92 Å². The van der Waals surface area contributed by atoms with Crippen LogP contribution in [0.1, 0.15) is 24.9 Å². The summed E-state index contributed by atoms with van der Waals surface area (Å²) in [5.74, 6) is 2.40. The van der Waals surface area contributed by atoms with E-state index in [-0.39, 0.29) is 0 Å². The first kappa shape index (κ1) is 15.1. The van der Waals surface area contributed by atoms with Gasteiger partial charge in [-0.2, -0.15) is 0 Å². The van der Waals surface area contributed by atoms with Crippen molar-refractivity contribution in [3.8, 4) is 11.5 Å². The van der Waals surface area contributed by atoms with Crippen LogP contribution in [0.2, 0.25) is 0 Å². The maximum atomic E-state index is 5.59. The van der Waals surface area contributed by atoms with E-state index in [1.54, 1.807) is 14.2 Å². The minimum atomic E-state index is 0.424. The molecule has 2 rings (SSSR count). The highest BCUT2D eigenvalue weighted by Crippen LogP contribution is 2.41. The second-order valence-electron chi connectivity index (χ2n) is 5.29. The Morgan fingerprint density at radius 1 is 1.30 bits per heavy atom. The molecule has 0 spiro atoms. The van der Waals surface area contributed by atoms with Crippen molar-refractivity contribution in [2.24, 2.45) is 5.92 Å². The minimum Gasteiger partial charge on any atom is -0.497 e. The van der Waals surface area contributed by atoms with Gasteiger partial charge in [0.1, 0.15) is 11.5 Å². The van der Waals surface area contributed by atoms with Crippen molar-refractivity contribution >= 4 is 0 Å². The normalized spacial score (nSPS) is 23.0. The number of hydrogen-bond donors (Lipinski definition) is 1. The second-order valence-corrected chi connectivity index (χ2v) is 5.29. The van der Waals surface area contributed by atoms with Crippen molar-refractivity contribution in [2.45, 2.75) is 19.4 Å². The maximum absolute atomic E-state index is 5.59. The fourth-order valence-electron chi connectivity index (χ4n) is 3.27. The molecule has 1 aliphatic heterocycles. The van der Waals surface area contributed by atoms with Crippen LogP contribution in [0.15, 0.2) is 18.2 Å². The third-order valence-electron chi connectivity index (χ3n) is 4.26. The summed E-state index contributed by atoms with van der Waals surface area (Å²) in [6, 6.07) is 6.59. The molecule has 112 valence electrons. The average molecular weight is 278 g/mol. The number of rotatable bonds is 6. The van der Waals surface area contributed by atoms with Gasteiger partial charge < -0.3 is 14.8 Å². The van der Waals surface area contributed by atoms with Crippen LogP contribution in [0.5, 0.6) is 11.5 Å². The van der Waals surface area contributed by atoms with E-state index >= 15 is 0 Å². The van der Waals surface area contributed by atoms with Crippen LogP contribution >= 0.6 is 0 Å². The molecule has 1 saturated heterocycles. The highest BCUT2D eigenvalue weighted by Gasteiger charge is 2.35. The Balaban J connectivity index is 2.35. The fraction of sp³-hybridized carbons (Fsp3) is 0.625. The second kappa shape index (κ2) is 6.95. The van der Waals surface area contributed by atoms with Gasteiger partial charge >= 0.3 is 0 Å². The molecule has 0 radical (unpaired) electrons. The van der Waals surface area contributed by atoms with E-state index in [0.717, 1.165) is 31.1 Å². The van der Waals surface area contributed by atoms with Crippen LogP contribution in [-0.2, 0) is 0 Å². The average Bonchev–Trinajstić information content (AvgIpc) is 2.89. The van der Waals surface area contributed by atoms with Gasteiger partial charge in [0.05, 0.1) is 14.2 Å². The van der Waals surface area contributed by atoms with Gasteiger partial charge in [0, 0.05) is 17.7 Å².